The molecule has 0 saturated carbocycles. The van der Waals surface area contributed by atoms with E-state index in [1.165, 1.54) is 19.8 Å². The predicted octanol–water partition coefficient (Wildman–Crippen LogP) is 2.19. The van der Waals surface area contributed by atoms with Crippen LogP contribution in [0.1, 0.15) is 40.0 Å². The van der Waals surface area contributed by atoms with Crippen molar-refractivity contribution >= 4 is 5.97 Å². The number of hydrogen-bond acceptors (Lipinski definition) is 6. The van der Waals surface area contributed by atoms with Crippen molar-refractivity contribution in [1.29, 1.82) is 0 Å². The molecule has 2 aliphatic rings. The average molecular weight is 387 g/mol. The van der Waals surface area contributed by atoms with E-state index in [2.05, 4.69) is 15.1 Å². The van der Waals surface area contributed by atoms with E-state index in [0.717, 1.165) is 38.0 Å². The molecule has 0 unspecified atom stereocenters. The molecule has 1 fully saturated rings. The van der Waals surface area contributed by atoms with Gasteiger partial charge in [-0.3, -0.25) is 10.00 Å². The fourth-order valence-electron chi connectivity index (χ4n) is 4.37. The summed E-state index contributed by atoms with van der Waals surface area (Å²) in [7, 11) is 2.96. The number of methoxy groups -OCH3 is 2. The summed E-state index contributed by atoms with van der Waals surface area (Å²) in [6.07, 6.45) is 4.48. The number of carboxylic acid groups (broad SMARTS) is 1. The first-order chi connectivity index (χ1) is 13.6. The minimum absolute atomic E-state index is 0.159. The van der Waals surface area contributed by atoms with Crippen molar-refractivity contribution in [2.24, 2.45) is 0 Å². The molecule has 1 spiro atoms. The molecule has 8 heteroatoms. The van der Waals surface area contributed by atoms with Crippen LogP contribution < -0.4 is 9.47 Å². The molecule has 8 nitrogen and oxygen atoms in total. The number of carboxylic acids is 1. The maximum absolute atomic E-state index is 11.9. The highest BCUT2D eigenvalue weighted by molar-refractivity contribution is 5.93. The number of aromatic nitrogens is 2. The third-order valence-corrected chi connectivity index (χ3v) is 5.83. The fraction of sp³-hybridized carbons (Fsp3) is 0.500. The number of carbonyl (C=O) groups is 1. The van der Waals surface area contributed by atoms with E-state index >= 15 is 0 Å². The topological polar surface area (TPSA) is 96.9 Å². The average Bonchev–Trinajstić information content (AvgIpc) is 3.19. The third-order valence-electron chi connectivity index (χ3n) is 5.83. The molecular formula is C20H25N3O5. The van der Waals surface area contributed by atoms with Gasteiger partial charge in [0.1, 0.15) is 11.2 Å². The van der Waals surface area contributed by atoms with Gasteiger partial charge < -0.3 is 19.3 Å². The van der Waals surface area contributed by atoms with Gasteiger partial charge in [0.25, 0.3) is 0 Å². The zero-order chi connectivity index (χ0) is 19.7. The molecule has 150 valence electrons. The summed E-state index contributed by atoms with van der Waals surface area (Å²) >= 11 is 0. The Kier molecular flexibility index (Phi) is 4.99. The van der Waals surface area contributed by atoms with E-state index in [4.69, 9.17) is 14.2 Å². The Morgan fingerprint density at radius 1 is 1.32 bits per heavy atom. The van der Waals surface area contributed by atoms with E-state index in [1.54, 1.807) is 12.1 Å². The van der Waals surface area contributed by atoms with Crippen LogP contribution in [-0.4, -0.2) is 60.1 Å². The monoisotopic (exact) mass is 387 g/mol. The first-order valence-electron chi connectivity index (χ1n) is 9.44. The lowest BCUT2D eigenvalue weighted by Crippen LogP contribution is -2.46. The number of rotatable bonds is 5. The summed E-state index contributed by atoms with van der Waals surface area (Å²) < 4.78 is 16.8. The molecule has 1 aromatic heterocycles. The second-order valence-corrected chi connectivity index (χ2v) is 7.28. The van der Waals surface area contributed by atoms with Crippen LogP contribution >= 0.6 is 0 Å². The van der Waals surface area contributed by atoms with Gasteiger partial charge in [0, 0.05) is 19.6 Å². The van der Waals surface area contributed by atoms with E-state index in [1.807, 2.05) is 6.20 Å². The lowest BCUT2D eigenvalue weighted by molar-refractivity contribution is -0.102. The lowest BCUT2D eigenvalue weighted by Gasteiger charge is -2.43. The normalized spacial score (nSPS) is 18.6. The number of H-pyrrole nitrogens is 1. The molecule has 0 bridgehead atoms. The number of nitrogens with zero attached hydrogens (tertiary/aromatic N) is 2. The number of aromatic amines is 1. The third kappa shape index (κ3) is 3.12. The van der Waals surface area contributed by atoms with Crippen LogP contribution in [0.25, 0.3) is 0 Å². The Morgan fingerprint density at radius 2 is 2.11 bits per heavy atom. The zero-order valence-electron chi connectivity index (χ0n) is 16.2. The first-order valence-corrected chi connectivity index (χ1v) is 9.44. The Bertz CT molecular complexity index is 871. The molecule has 2 aliphatic heterocycles. The SMILES string of the molecule is COc1ccc(CN2CCC3(CC2)OCCc2cn[nH]c23)c(C(=O)O)c1OC. The van der Waals surface area contributed by atoms with Crippen LogP contribution in [0.5, 0.6) is 11.5 Å². The molecular weight excluding hydrogens is 362 g/mol. The second-order valence-electron chi connectivity index (χ2n) is 7.28. The van der Waals surface area contributed by atoms with Gasteiger partial charge in [-0.25, -0.2) is 4.79 Å². The Hall–Kier alpha value is -2.58. The van der Waals surface area contributed by atoms with E-state index in [9.17, 15) is 9.90 Å². The fourth-order valence-corrected chi connectivity index (χ4v) is 4.37. The molecule has 2 aromatic rings. The van der Waals surface area contributed by atoms with Gasteiger partial charge in [-0.15, -0.1) is 0 Å². The Balaban J connectivity index is 1.53. The highest BCUT2D eigenvalue weighted by Gasteiger charge is 2.42. The van der Waals surface area contributed by atoms with E-state index in [0.29, 0.717) is 24.5 Å². The van der Waals surface area contributed by atoms with Crippen molar-refractivity contribution in [3.8, 4) is 11.5 Å². The van der Waals surface area contributed by atoms with Crippen molar-refractivity contribution in [1.82, 2.24) is 15.1 Å². The molecule has 0 amide bonds. The molecule has 28 heavy (non-hydrogen) atoms. The minimum atomic E-state index is -1.02. The number of nitrogens with one attached hydrogen (secondary N) is 1. The molecule has 1 aromatic carbocycles. The summed E-state index contributed by atoms with van der Waals surface area (Å²) in [5, 5.41) is 17.1. The van der Waals surface area contributed by atoms with Crippen molar-refractivity contribution < 1.29 is 24.1 Å². The minimum Gasteiger partial charge on any atom is -0.493 e. The summed E-state index contributed by atoms with van der Waals surface area (Å²) in [5.74, 6) is -0.334. The lowest BCUT2D eigenvalue weighted by atomic mass is 9.83. The summed E-state index contributed by atoms with van der Waals surface area (Å²) in [4.78, 5) is 14.1. The summed E-state index contributed by atoms with van der Waals surface area (Å²) in [6, 6.07) is 3.56. The summed E-state index contributed by atoms with van der Waals surface area (Å²) in [5.41, 5.74) is 2.93. The zero-order valence-corrected chi connectivity index (χ0v) is 16.2. The van der Waals surface area contributed by atoms with Crippen LogP contribution in [0.2, 0.25) is 0 Å². The van der Waals surface area contributed by atoms with Crippen LogP contribution in [0.3, 0.4) is 0 Å². The maximum Gasteiger partial charge on any atom is 0.339 e. The highest BCUT2D eigenvalue weighted by atomic mass is 16.5. The number of benzene rings is 1. The van der Waals surface area contributed by atoms with Gasteiger partial charge in [0.2, 0.25) is 0 Å². The van der Waals surface area contributed by atoms with Crippen LogP contribution in [0.15, 0.2) is 18.3 Å². The molecule has 2 N–H and O–H groups in total. The smallest absolute Gasteiger partial charge is 0.339 e. The first kappa shape index (κ1) is 18.8. The number of hydrogen-bond donors (Lipinski definition) is 2. The molecule has 0 aliphatic carbocycles. The van der Waals surface area contributed by atoms with Gasteiger partial charge in [0.15, 0.2) is 11.5 Å². The highest BCUT2D eigenvalue weighted by Crippen LogP contribution is 2.41. The number of fused-ring (bicyclic) bond motifs is 2. The molecule has 0 atom stereocenters. The molecule has 4 rings (SSSR count). The van der Waals surface area contributed by atoms with Gasteiger partial charge in [-0.1, -0.05) is 6.07 Å². The number of piperidine rings is 1. The standard InChI is InChI=1S/C20H25N3O5/c1-26-15-4-3-14(16(19(24)25)17(15)27-2)12-23-8-6-20(7-9-23)18-13(5-10-28-20)11-21-22-18/h3-4,11H,5-10,12H2,1-2H3,(H,21,22)(H,24,25). The summed E-state index contributed by atoms with van der Waals surface area (Å²) in [6.45, 7) is 2.87. The molecule has 1 saturated heterocycles. The second kappa shape index (κ2) is 7.44. The van der Waals surface area contributed by atoms with E-state index < -0.39 is 5.97 Å². The van der Waals surface area contributed by atoms with Gasteiger partial charge in [-0.05, 0) is 36.5 Å². The van der Waals surface area contributed by atoms with Gasteiger partial charge in [-0.2, -0.15) is 5.10 Å². The van der Waals surface area contributed by atoms with E-state index in [-0.39, 0.29) is 16.9 Å². The maximum atomic E-state index is 11.9. The Labute approximate surface area is 163 Å². The van der Waals surface area contributed by atoms with Crippen molar-refractivity contribution in [3.63, 3.8) is 0 Å². The van der Waals surface area contributed by atoms with Crippen molar-refractivity contribution in [2.75, 3.05) is 33.9 Å². The number of likely N-dealkylation sites (tertiary alicyclic amines) is 1. The van der Waals surface area contributed by atoms with Crippen LogP contribution in [-0.2, 0) is 23.3 Å². The van der Waals surface area contributed by atoms with Gasteiger partial charge >= 0.3 is 5.97 Å². The predicted molar refractivity (Wildman–Crippen MR) is 101 cm³/mol. The van der Waals surface area contributed by atoms with Crippen LogP contribution in [0.4, 0.5) is 0 Å². The molecule has 3 heterocycles. The molecule has 0 radical (unpaired) electrons. The number of aromatic carboxylic acids is 1. The number of ether oxygens (including phenoxy) is 3. The van der Waals surface area contributed by atoms with Gasteiger partial charge in [0.05, 0.1) is 32.7 Å². The quantitative estimate of drug-likeness (QED) is 0.812. The van der Waals surface area contributed by atoms with Crippen molar-refractivity contribution in [3.05, 3.63) is 40.7 Å². The van der Waals surface area contributed by atoms with Crippen molar-refractivity contribution in [2.45, 2.75) is 31.4 Å². The van der Waals surface area contributed by atoms with Crippen LogP contribution in [0, 0.1) is 0 Å². The largest absolute Gasteiger partial charge is 0.493 e. The Morgan fingerprint density at radius 3 is 2.79 bits per heavy atom.